The molecule has 17 heavy (non-hydrogen) atoms. The molecule has 0 saturated carbocycles. The Balaban J connectivity index is 3.74. The molecule has 0 aliphatic carbocycles. The van der Waals surface area contributed by atoms with Crippen molar-refractivity contribution in [3.63, 3.8) is 0 Å². The zero-order valence-electron chi connectivity index (χ0n) is 10.2. The zero-order chi connectivity index (χ0) is 13.5. The molecule has 0 atom stereocenters. The third kappa shape index (κ3) is 7.62. The Bertz CT molecular complexity index is 305. The highest BCUT2D eigenvalue weighted by Crippen LogP contribution is 2.23. The van der Waals surface area contributed by atoms with E-state index in [0.717, 1.165) is 11.8 Å². The molecule has 2 amide bonds. The Kier molecular flexibility index (Phi) is 6.64. The van der Waals surface area contributed by atoms with Crippen LogP contribution in [0, 0.1) is 0 Å². The molecular weight excluding hydrogens is 244 g/mol. The fourth-order valence-electron chi connectivity index (χ4n) is 0.799. The van der Waals surface area contributed by atoms with Gasteiger partial charge in [0.1, 0.15) is 4.75 Å². The number of carboxylic acid groups (broad SMARTS) is 1. The first-order valence-corrected chi connectivity index (χ1v) is 6.13. The minimum absolute atomic E-state index is 0.0827. The molecule has 0 unspecified atom stereocenters. The maximum absolute atomic E-state index is 11.3. The number of rotatable bonds is 7. The third-order valence-electron chi connectivity index (χ3n) is 1.90. The van der Waals surface area contributed by atoms with Crippen LogP contribution in [0.1, 0.15) is 20.8 Å². The summed E-state index contributed by atoms with van der Waals surface area (Å²) in [4.78, 5) is 32.6. The Morgan fingerprint density at radius 3 is 2.18 bits per heavy atom. The van der Waals surface area contributed by atoms with Gasteiger partial charge in [-0.15, -0.1) is 11.8 Å². The number of hydrogen-bond donors (Lipinski definition) is 3. The van der Waals surface area contributed by atoms with Gasteiger partial charge in [0.05, 0.1) is 5.75 Å². The van der Waals surface area contributed by atoms with Crippen molar-refractivity contribution in [2.45, 2.75) is 25.5 Å². The Labute approximate surface area is 105 Å². The smallest absolute Gasteiger partial charge is 0.319 e. The van der Waals surface area contributed by atoms with Crippen LogP contribution in [0.4, 0.5) is 0 Å². The lowest BCUT2D eigenvalue weighted by atomic mass is 10.2. The van der Waals surface area contributed by atoms with Gasteiger partial charge in [-0.1, -0.05) is 0 Å². The highest BCUT2D eigenvalue weighted by molar-refractivity contribution is 8.01. The first kappa shape index (κ1) is 15.8. The van der Waals surface area contributed by atoms with E-state index < -0.39 is 10.7 Å². The lowest BCUT2D eigenvalue weighted by Crippen LogP contribution is -2.36. The molecule has 0 aromatic rings. The monoisotopic (exact) mass is 262 g/mol. The molecule has 6 nitrogen and oxygen atoms in total. The molecule has 0 fully saturated rings. The summed E-state index contributed by atoms with van der Waals surface area (Å²) in [6.45, 7) is 5.20. The summed E-state index contributed by atoms with van der Waals surface area (Å²) in [6, 6.07) is 0. The predicted molar refractivity (Wildman–Crippen MR) is 65.9 cm³/mol. The van der Waals surface area contributed by atoms with E-state index in [9.17, 15) is 14.4 Å². The topological polar surface area (TPSA) is 95.5 Å². The van der Waals surface area contributed by atoms with E-state index in [4.69, 9.17) is 5.11 Å². The van der Waals surface area contributed by atoms with E-state index in [0.29, 0.717) is 13.1 Å². The molecule has 0 radical (unpaired) electrons. The lowest BCUT2D eigenvalue weighted by molar-refractivity contribution is -0.138. The second kappa shape index (κ2) is 7.16. The number of carbonyl (C=O) groups excluding carboxylic acids is 2. The maximum atomic E-state index is 11.3. The number of hydrogen-bond acceptors (Lipinski definition) is 4. The number of carbonyl (C=O) groups is 3. The average molecular weight is 262 g/mol. The van der Waals surface area contributed by atoms with Crippen LogP contribution >= 0.6 is 11.8 Å². The average Bonchev–Trinajstić information content (AvgIpc) is 2.21. The summed E-state index contributed by atoms with van der Waals surface area (Å²) in [5.74, 6) is -1.26. The van der Waals surface area contributed by atoms with Gasteiger partial charge in [0, 0.05) is 20.0 Å². The molecule has 0 aromatic carbocycles. The van der Waals surface area contributed by atoms with Crippen LogP contribution < -0.4 is 10.6 Å². The van der Waals surface area contributed by atoms with Crippen LogP contribution in [0.25, 0.3) is 0 Å². The maximum Gasteiger partial charge on any atom is 0.319 e. The van der Waals surface area contributed by atoms with Gasteiger partial charge < -0.3 is 15.7 Å². The highest BCUT2D eigenvalue weighted by atomic mass is 32.2. The van der Waals surface area contributed by atoms with Crippen molar-refractivity contribution in [2.24, 2.45) is 0 Å². The van der Waals surface area contributed by atoms with E-state index in [2.05, 4.69) is 10.6 Å². The number of aliphatic carboxylic acids is 1. The van der Waals surface area contributed by atoms with Crippen LogP contribution in [0.3, 0.4) is 0 Å². The largest absolute Gasteiger partial charge is 0.480 e. The fraction of sp³-hybridized carbons (Fsp3) is 0.700. The van der Waals surface area contributed by atoms with Crippen molar-refractivity contribution >= 4 is 29.5 Å². The van der Waals surface area contributed by atoms with Crippen molar-refractivity contribution in [3.8, 4) is 0 Å². The number of thioether (sulfide) groups is 1. The van der Waals surface area contributed by atoms with Crippen molar-refractivity contribution in [1.82, 2.24) is 10.6 Å². The van der Waals surface area contributed by atoms with E-state index >= 15 is 0 Å². The van der Waals surface area contributed by atoms with Crippen LogP contribution in [0.5, 0.6) is 0 Å². The molecule has 0 spiro atoms. The standard InChI is InChI=1S/C10H18N2O4S/c1-7(13)11-4-5-12-8(14)6-17-10(2,3)9(15)16/h4-6H2,1-3H3,(H,11,13)(H,12,14)(H,15,16). The van der Waals surface area contributed by atoms with Gasteiger partial charge in [-0.2, -0.15) is 0 Å². The molecule has 7 heteroatoms. The normalized spacial score (nSPS) is 10.8. The molecule has 0 saturated heterocycles. The molecule has 98 valence electrons. The lowest BCUT2D eigenvalue weighted by Gasteiger charge is -2.17. The van der Waals surface area contributed by atoms with Crippen LogP contribution in [-0.4, -0.2) is 46.5 Å². The van der Waals surface area contributed by atoms with E-state index in [1.54, 1.807) is 13.8 Å². The van der Waals surface area contributed by atoms with Gasteiger partial charge in [0.15, 0.2) is 0 Å². The molecular formula is C10H18N2O4S. The Hall–Kier alpha value is -1.24. The molecule has 0 bridgehead atoms. The van der Waals surface area contributed by atoms with Crippen molar-refractivity contribution in [1.29, 1.82) is 0 Å². The van der Waals surface area contributed by atoms with E-state index in [1.165, 1.54) is 6.92 Å². The molecule has 0 aromatic heterocycles. The molecule has 0 heterocycles. The minimum atomic E-state index is -0.977. The molecule has 0 aliphatic heterocycles. The van der Waals surface area contributed by atoms with Gasteiger partial charge >= 0.3 is 5.97 Å². The summed E-state index contributed by atoms with van der Waals surface area (Å²) in [6.07, 6.45) is 0. The summed E-state index contributed by atoms with van der Waals surface area (Å²) in [5, 5.41) is 13.9. The van der Waals surface area contributed by atoms with Crippen LogP contribution in [0.15, 0.2) is 0 Å². The van der Waals surface area contributed by atoms with Gasteiger partial charge in [0.25, 0.3) is 0 Å². The Morgan fingerprint density at radius 1 is 1.18 bits per heavy atom. The first-order chi connectivity index (χ1) is 7.75. The number of carboxylic acids is 1. The van der Waals surface area contributed by atoms with Crippen molar-refractivity contribution in [2.75, 3.05) is 18.8 Å². The fourth-order valence-corrected chi connectivity index (χ4v) is 1.52. The van der Waals surface area contributed by atoms with Gasteiger partial charge in [-0.05, 0) is 13.8 Å². The van der Waals surface area contributed by atoms with Crippen LogP contribution in [-0.2, 0) is 14.4 Å². The zero-order valence-corrected chi connectivity index (χ0v) is 11.0. The molecule has 0 rings (SSSR count). The van der Waals surface area contributed by atoms with Gasteiger partial charge in [-0.25, -0.2) is 0 Å². The minimum Gasteiger partial charge on any atom is -0.480 e. The first-order valence-electron chi connectivity index (χ1n) is 5.14. The van der Waals surface area contributed by atoms with Crippen molar-refractivity contribution in [3.05, 3.63) is 0 Å². The Morgan fingerprint density at radius 2 is 1.71 bits per heavy atom. The van der Waals surface area contributed by atoms with E-state index in [-0.39, 0.29) is 17.6 Å². The van der Waals surface area contributed by atoms with Gasteiger partial charge in [-0.3, -0.25) is 14.4 Å². The summed E-state index contributed by atoms with van der Waals surface area (Å²) in [5.41, 5.74) is 0. The second-order valence-corrected chi connectivity index (χ2v) is 5.54. The predicted octanol–water partition coefficient (Wildman–Crippen LogP) is -0.165. The summed E-state index contributed by atoms with van der Waals surface area (Å²) in [7, 11) is 0. The number of amides is 2. The molecule has 3 N–H and O–H groups in total. The third-order valence-corrected chi connectivity index (χ3v) is 3.20. The highest BCUT2D eigenvalue weighted by Gasteiger charge is 2.28. The second-order valence-electron chi connectivity index (χ2n) is 3.94. The summed E-state index contributed by atoms with van der Waals surface area (Å²) >= 11 is 1.06. The van der Waals surface area contributed by atoms with E-state index in [1.807, 2.05) is 0 Å². The number of nitrogens with one attached hydrogen (secondary N) is 2. The van der Waals surface area contributed by atoms with Gasteiger partial charge in [0.2, 0.25) is 11.8 Å². The SMILES string of the molecule is CC(=O)NCCNC(=O)CSC(C)(C)C(=O)O. The van der Waals surface area contributed by atoms with Crippen molar-refractivity contribution < 1.29 is 19.5 Å². The molecule has 0 aliphatic rings. The van der Waals surface area contributed by atoms with Crippen LogP contribution in [0.2, 0.25) is 0 Å². The summed E-state index contributed by atoms with van der Waals surface area (Å²) < 4.78 is -0.977. The quantitative estimate of drug-likeness (QED) is 0.554.